The largest absolute Gasteiger partial charge is 0.481 e. The molecule has 0 amide bonds. The number of hydrogen-bond acceptors (Lipinski definition) is 6. The molecule has 0 aliphatic carbocycles. The molecular weight excluding hydrogens is 326 g/mol. The lowest BCUT2D eigenvalue weighted by Crippen LogP contribution is -2.46. The third kappa shape index (κ3) is 4.71. The van der Waals surface area contributed by atoms with Crippen LogP contribution < -0.4 is 15.0 Å². The third-order valence-corrected chi connectivity index (χ3v) is 4.96. The molecule has 3 rings (SSSR count). The maximum absolute atomic E-state index is 5.20. The van der Waals surface area contributed by atoms with Gasteiger partial charge in [0.1, 0.15) is 5.82 Å². The molecule has 6 heteroatoms. The number of methoxy groups -OCH3 is 1. The van der Waals surface area contributed by atoms with Crippen molar-refractivity contribution in [2.75, 3.05) is 44.7 Å². The molecule has 140 valence electrons. The summed E-state index contributed by atoms with van der Waals surface area (Å²) in [6, 6.07) is 10.3. The van der Waals surface area contributed by atoms with E-state index in [0.717, 1.165) is 50.8 Å². The normalized spacial score (nSPS) is 16.5. The average molecular weight is 355 g/mol. The molecule has 1 aliphatic rings. The van der Waals surface area contributed by atoms with Gasteiger partial charge >= 0.3 is 0 Å². The zero-order valence-corrected chi connectivity index (χ0v) is 16.0. The van der Waals surface area contributed by atoms with Crippen molar-refractivity contribution in [3.63, 3.8) is 0 Å². The highest BCUT2D eigenvalue weighted by molar-refractivity contribution is 5.40. The Balaban J connectivity index is 1.52. The summed E-state index contributed by atoms with van der Waals surface area (Å²) in [4.78, 5) is 14.0. The monoisotopic (exact) mass is 355 g/mol. The van der Waals surface area contributed by atoms with Crippen molar-refractivity contribution < 1.29 is 4.74 Å². The quantitative estimate of drug-likeness (QED) is 0.823. The summed E-state index contributed by atoms with van der Waals surface area (Å²) >= 11 is 0. The van der Waals surface area contributed by atoms with Crippen LogP contribution in [0.15, 0.2) is 36.5 Å². The molecule has 2 aromatic heterocycles. The van der Waals surface area contributed by atoms with Crippen LogP contribution in [0, 0.1) is 0 Å². The standard InChI is InChI=1S/C20H29N5O/c1-4-24-10-12-25(13-11-24)19-9-8-17(15-22-19)14-21-16(2)18-6-5-7-20(23-18)26-3/h5-9,15-16,21H,4,10-14H2,1-3H3. The molecule has 3 heterocycles. The van der Waals surface area contributed by atoms with Crippen molar-refractivity contribution >= 4 is 5.82 Å². The minimum Gasteiger partial charge on any atom is -0.481 e. The fourth-order valence-corrected chi connectivity index (χ4v) is 3.16. The van der Waals surface area contributed by atoms with E-state index in [-0.39, 0.29) is 6.04 Å². The maximum atomic E-state index is 5.20. The summed E-state index contributed by atoms with van der Waals surface area (Å²) in [6.45, 7) is 10.6. The summed E-state index contributed by atoms with van der Waals surface area (Å²) in [7, 11) is 1.64. The molecule has 1 N–H and O–H groups in total. The van der Waals surface area contributed by atoms with Crippen LogP contribution in [-0.4, -0.2) is 54.7 Å². The first-order valence-electron chi connectivity index (χ1n) is 9.36. The highest BCUT2D eigenvalue weighted by Gasteiger charge is 2.16. The molecule has 2 aromatic rings. The number of anilines is 1. The van der Waals surface area contributed by atoms with E-state index in [0.29, 0.717) is 5.88 Å². The van der Waals surface area contributed by atoms with E-state index in [1.807, 2.05) is 24.4 Å². The van der Waals surface area contributed by atoms with Crippen molar-refractivity contribution in [3.8, 4) is 5.88 Å². The van der Waals surface area contributed by atoms with E-state index < -0.39 is 0 Å². The van der Waals surface area contributed by atoms with Gasteiger partial charge in [-0.2, -0.15) is 0 Å². The number of ether oxygens (including phenoxy) is 1. The molecule has 6 nitrogen and oxygen atoms in total. The predicted molar refractivity (Wildman–Crippen MR) is 105 cm³/mol. The molecule has 0 aromatic carbocycles. The molecule has 1 saturated heterocycles. The molecule has 1 atom stereocenters. The predicted octanol–water partition coefficient (Wildman–Crippen LogP) is 2.48. The minimum atomic E-state index is 0.145. The van der Waals surface area contributed by atoms with E-state index in [1.54, 1.807) is 7.11 Å². The Bertz CT molecular complexity index is 683. The fraction of sp³-hybridized carbons (Fsp3) is 0.500. The Hall–Kier alpha value is -2.18. The van der Waals surface area contributed by atoms with Crippen LogP contribution in [0.4, 0.5) is 5.82 Å². The first kappa shape index (κ1) is 18.6. The Morgan fingerprint density at radius 2 is 1.96 bits per heavy atom. The van der Waals surface area contributed by atoms with E-state index in [2.05, 4.69) is 51.1 Å². The smallest absolute Gasteiger partial charge is 0.213 e. The zero-order chi connectivity index (χ0) is 18.4. The van der Waals surface area contributed by atoms with Crippen LogP contribution >= 0.6 is 0 Å². The second kappa shape index (κ2) is 8.96. The SMILES string of the molecule is CCN1CCN(c2ccc(CNC(C)c3cccc(OC)n3)cn2)CC1. The van der Waals surface area contributed by atoms with E-state index in [4.69, 9.17) is 4.74 Å². The van der Waals surface area contributed by atoms with Crippen molar-refractivity contribution in [2.24, 2.45) is 0 Å². The maximum Gasteiger partial charge on any atom is 0.213 e. The molecule has 0 radical (unpaired) electrons. The number of nitrogens with zero attached hydrogens (tertiary/aromatic N) is 4. The summed E-state index contributed by atoms with van der Waals surface area (Å²) in [6.07, 6.45) is 1.97. The van der Waals surface area contributed by atoms with Crippen LogP contribution in [-0.2, 0) is 6.54 Å². The van der Waals surface area contributed by atoms with Gasteiger partial charge in [0.25, 0.3) is 0 Å². The van der Waals surface area contributed by atoms with Crippen LogP contribution in [0.2, 0.25) is 0 Å². The van der Waals surface area contributed by atoms with Gasteiger partial charge in [-0.1, -0.05) is 19.1 Å². The van der Waals surface area contributed by atoms with Crippen LogP contribution in [0.3, 0.4) is 0 Å². The molecule has 1 unspecified atom stereocenters. The van der Waals surface area contributed by atoms with E-state index >= 15 is 0 Å². The lowest BCUT2D eigenvalue weighted by atomic mass is 10.2. The number of likely N-dealkylation sites (N-methyl/N-ethyl adjacent to an activating group) is 1. The van der Waals surface area contributed by atoms with Gasteiger partial charge in [-0.05, 0) is 31.2 Å². The van der Waals surface area contributed by atoms with Crippen LogP contribution in [0.1, 0.15) is 31.1 Å². The van der Waals surface area contributed by atoms with E-state index in [9.17, 15) is 0 Å². The van der Waals surface area contributed by atoms with Gasteiger partial charge in [0.15, 0.2) is 0 Å². The number of rotatable bonds is 7. The molecule has 26 heavy (non-hydrogen) atoms. The Labute approximate surface area is 156 Å². The number of piperazine rings is 1. The van der Waals surface area contributed by atoms with Gasteiger partial charge in [-0.15, -0.1) is 0 Å². The lowest BCUT2D eigenvalue weighted by molar-refractivity contribution is 0.270. The van der Waals surface area contributed by atoms with Crippen molar-refractivity contribution in [1.29, 1.82) is 0 Å². The summed E-state index contributed by atoms with van der Waals surface area (Å²) in [5, 5.41) is 3.50. The molecular formula is C20H29N5O. The molecule has 0 saturated carbocycles. The molecule has 0 bridgehead atoms. The Kier molecular flexibility index (Phi) is 6.41. The number of nitrogens with one attached hydrogen (secondary N) is 1. The minimum absolute atomic E-state index is 0.145. The second-order valence-corrected chi connectivity index (χ2v) is 6.65. The van der Waals surface area contributed by atoms with Crippen LogP contribution in [0.25, 0.3) is 0 Å². The number of aromatic nitrogens is 2. The highest BCUT2D eigenvalue weighted by atomic mass is 16.5. The van der Waals surface area contributed by atoms with Gasteiger partial charge < -0.3 is 19.9 Å². The van der Waals surface area contributed by atoms with Gasteiger partial charge in [0, 0.05) is 51.0 Å². The molecule has 0 spiro atoms. The van der Waals surface area contributed by atoms with Gasteiger partial charge in [-0.3, -0.25) is 0 Å². The van der Waals surface area contributed by atoms with Crippen molar-refractivity contribution in [2.45, 2.75) is 26.4 Å². The first-order chi connectivity index (χ1) is 12.7. The summed E-state index contributed by atoms with van der Waals surface area (Å²) < 4.78 is 5.20. The fourth-order valence-electron chi connectivity index (χ4n) is 3.16. The zero-order valence-electron chi connectivity index (χ0n) is 16.0. The van der Waals surface area contributed by atoms with E-state index in [1.165, 1.54) is 5.56 Å². The Morgan fingerprint density at radius 3 is 2.62 bits per heavy atom. The summed E-state index contributed by atoms with van der Waals surface area (Å²) in [5.74, 6) is 1.72. The summed E-state index contributed by atoms with van der Waals surface area (Å²) in [5.41, 5.74) is 2.15. The topological polar surface area (TPSA) is 53.5 Å². The second-order valence-electron chi connectivity index (χ2n) is 6.65. The molecule has 1 fully saturated rings. The molecule has 1 aliphatic heterocycles. The van der Waals surface area contributed by atoms with Crippen molar-refractivity contribution in [3.05, 3.63) is 47.8 Å². The van der Waals surface area contributed by atoms with Gasteiger partial charge in [-0.25, -0.2) is 9.97 Å². The number of hydrogen-bond donors (Lipinski definition) is 1. The van der Waals surface area contributed by atoms with Gasteiger partial charge in [0.05, 0.1) is 12.8 Å². The lowest BCUT2D eigenvalue weighted by Gasteiger charge is -2.34. The Morgan fingerprint density at radius 1 is 1.15 bits per heavy atom. The number of pyridine rings is 2. The van der Waals surface area contributed by atoms with Gasteiger partial charge in [0.2, 0.25) is 5.88 Å². The average Bonchev–Trinajstić information content (AvgIpc) is 2.72. The highest BCUT2D eigenvalue weighted by Crippen LogP contribution is 2.16. The first-order valence-corrected chi connectivity index (χ1v) is 9.36. The van der Waals surface area contributed by atoms with Crippen LogP contribution in [0.5, 0.6) is 5.88 Å². The van der Waals surface area contributed by atoms with Crippen molar-refractivity contribution in [1.82, 2.24) is 20.2 Å². The third-order valence-electron chi connectivity index (χ3n) is 4.96.